The number of rotatable bonds is 4. The van der Waals surface area contributed by atoms with E-state index in [1.807, 2.05) is 0 Å². The summed E-state index contributed by atoms with van der Waals surface area (Å²) >= 11 is 0. The van der Waals surface area contributed by atoms with Gasteiger partial charge in [-0.3, -0.25) is 9.58 Å². The lowest BCUT2D eigenvalue weighted by molar-refractivity contribution is 0.125. The molecule has 2 atom stereocenters. The molecule has 1 fully saturated rings. The van der Waals surface area contributed by atoms with Gasteiger partial charge in [0.15, 0.2) is 0 Å². The van der Waals surface area contributed by atoms with Crippen LogP contribution in [0.1, 0.15) is 26.0 Å². The first-order valence-electron chi connectivity index (χ1n) is 8.09. The van der Waals surface area contributed by atoms with Crippen molar-refractivity contribution in [3.8, 4) is 0 Å². The molecule has 0 amide bonds. The van der Waals surface area contributed by atoms with Crippen LogP contribution in [0.15, 0.2) is 24.3 Å². The lowest BCUT2D eigenvalue weighted by Gasteiger charge is -2.36. The number of para-hydroxylation sites is 1. The van der Waals surface area contributed by atoms with Crippen LogP contribution in [0.4, 0.5) is 0 Å². The van der Waals surface area contributed by atoms with Crippen molar-refractivity contribution in [1.82, 2.24) is 14.7 Å². The molecule has 0 spiro atoms. The predicted octanol–water partition coefficient (Wildman–Crippen LogP) is 2.47. The Bertz CT molecular complexity index is 604. The van der Waals surface area contributed by atoms with E-state index in [1.165, 1.54) is 23.0 Å². The second kappa shape index (κ2) is 6.16. The van der Waals surface area contributed by atoms with Crippen LogP contribution in [-0.4, -0.2) is 34.3 Å². The average Bonchev–Trinajstić information content (AvgIpc) is 2.87. The molecule has 0 radical (unpaired) electrons. The van der Waals surface area contributed by atoms with Crippen LogP contribution in [0.5, 0.6) is 0 Å². The summed E-state index contributed by atoms with van der Waals surface area (Å²) in [7, 11) is 0. The van der Waals surface area contributed by atoms with Crippen molar-refractivity contribution in [3.63, 3.8) is 0 Å². The van der Waals surface area contributed by atoms with Gasteiger partial charge >= 0.3 is 0 Å². The summed E-state index contributed by atoms with van der Waals surface area (Å²) < 4.78 is 2.11. The molecule has 0 aliphatic carbocycles. The number of aryl methyl sites for hydroxylation is 1. The summed E-state index contributed by atoms with van der Waals surface area (Å²) in [6.45, 7) is 9.39. The number of nitrogens with two attached hydrogens (primary N) is 1. The second-order valence-corrected chi connectivity index (χ2v) is 6.28. The number of benzene rings is 1. The van der Waals surface area contributed by atoms with Crippen LogP contribution in [-0.2, 0) is 13.1 Å². The molecular formula is C17H26N4. The van der Waals surface area contributed by atoms with Crippen molar-refractivity contribution in [3.05, 3.63) is 30.0 Å². The Hall–Kier alpha value is -1.39. The van der Waals surface area contributed by atoms with Gasteiger partial charge in [-0.15, -0.1) is 0 Å². The molecule has 2 unspecified atom stereocenters. The maximum atomic E-state index is 5.92. The fraction of sp³-hybridized carbons (Fsp3) is 0.588. The third kappa shape index (κ3) is 2.83. The number of hydrogen-bond donors (Lipinski definition) is 1. The summed E-state index contributed by atoms with van der Waals surface area (Å²) in [5, 5.41) is 6.11. The highest BCUT2D eigenvalue weighted by Gasteiger charge is 2.26. The highest BCUT2D eigenvalue weighted by atomic mass is 15.3. The Morgan fingerprint density at radius 3 is 2.90 bits per heavy atom. The van der Waals surface area contributed by atoms with Gasteiger partial charge in [0.2, 0.25) is 0 Å². The topological polar surface area (TPSA) is 47.1 Å². The predicted molar refractivity (Wildman–Crippen MR) is 87.0 cm³/mol. The molecule has 1 aliphatic rings. The minimum absolute atomic E-state index is 0.623. The van der Waals surface area contributed by atoms with Gasteiger partial charge in [-0.2, -0.15) is 5.10 Å². The third-order valence-electron chi connectivity index (χ3n) is 4.91. The zero-order chi connectivity index (χ0) is 14.8. The van der Waals surface area contributed by atoms with E-state index in [0.717, 1.165) is 38.6 Å². The highest BCUT2D eigenvalue weighted by molar-refractivity contribution is 5.81. The van der Waals surface area contributed by atoms with E-state index in [0.29, 0.717) is 5.92 Å². The minimum Gasteiger partial charge on any atom is -0.330 e. The van der Waals surface area contributed by atoms with Crippen molar-refractivity contribution < 1.29 is 0 Å². The van der Waals surface area contributed by atoms with Gasteiger partial charge in [-0.05, 0) is 44.3 Å². The molecule has 1 aromatic heterocycles. The van der Waals surface area contributed by atoms with Gasteiger partial charge in [0.1, 0.15) is 0 Å². The molecule has 114 valence electrons. The Kier molecular flexibility index (Phi) is 4.27. The van der Waals surface area contributed by atoms with Crippen LogP contribution in [0, 0.1) is 11.8 Å². The van der Waals surface area contributed by atoms with Crippen LogP contribution < -0.4 is 5.73 Å². The highest BCUT2D eigenvalue weighted by Crippen LogP contribution is 2.25. The first-order valence-corrected chi connectivity index (χ1v) is 8.09. The van der Waals surface area contributed by atoms with Crippen LogP contribution in [0.2, 0.25) is 0 Å². The average molecular weight is 286 g/mol. The van der Waals surface area contributed by atoms with Crippen molar-refractivity contribution in [2.24, 2.45) is 17.6 Å². The summed E-state index contributed by atoms with van der Waals surface area (Å²) in [4.78, 5) is 2.52. The maximum absolute atomic E-state index is 5.92. The first kappa shape index (κ1) is 14.5. The monoisotopic (exact) mass is 286 g/mol. The first-order chi connectivity index (χ1) is 10.2. The third-order valence-corrected chi connectivity index (χ3v) is 4.91. The second-order valence-electron chi connectivity index (χ2n) is 6.28. The van der Waals surface area contributed by atoms with Gasteiger partial charge in [0.05, 0.1) is 11.2 Å². The minimum atomic E-state index is 0.623. The van der Waals surface area contributed by atoms with E-state index in [-0.39, 0.29) is 0 Å². The number of hydrogen-bond acceptors (Lipinski definition) is 3. The van der Waals surface area contributed by atoms with Crippen LogP contribution >= 0.6 is 0 Å². The van der Waals surface area contributed by atoms with Gasteiger partial charge in [0, 0.05) is 25.0 Å². The summed E-state index contributed by atoms with van der Waals surface area (Å²) in [6, 6.07) is 8.55. The Labute approximate surface area is 126 Å². The molecule has 1 aliphatic heterocycles. The number of aromatic nitrogens is 2. The maximum Gasteiger partial charge on any atom is 0.0843 e. The lowest BCUT2D eigenvalue weighted by Crippen LogP contribution is -2.42. The molecule has 2 heterocycles. The van der Waals surface area contributed by atoms with Gasteiger partial charge in [0.25, 0.3) is 0 Å². The molecule has 1 aromatic carbocycles. The van der Waals surface area contributed by atoms with Crippen molar-refractivity contribution in [2.45, 2.75) is 33.4 Å². The number of piperidine rings is 1. The molecule has 2 N–H and O–H groups in total. The van der Waals surface area contributed by atoms with E-state index in [4.69, 9.17) is 10.8 Å². The van der Waals surface area contributed by atoms with Crippen LogP contribution in [0.3, 0.4) is 0 Å². The molecule has 4 nitrogen and oxygen atoms in total. The Morgan fingerprint density at radius 1 is 1.33 bits per heavy atom. The smallest absolute Gasteiger partial charge is 0.0843 e. The standard InChI is InChI=1S/C17H26N4/c1-3-21-17-7-5-4-6-15(17)16(19-21)12-20-9-8-13(2)14(10-18)11-20/h4-7,13-14H,3,8-12,18H2,1-2H3. The van der Waals surface area contributed by atoms with E-state index < -0.39 is 0 Å². The Morgan fingerprint density at radius 2 is 2.14 bits per heavy atom. The summed E-state index contributed by atoms with van der Waals surface area (Å²) in [6.07, 6.45) is 1.24. The lowest BCUT2D eigenvalue weighted by atomic mass is 9.87. The molecule has 0 bridgehead atoms. The molecule has 3 rings (SSSR count). The normalized spacial score (nSPS) is 23.8. The fourth-order valence-electron chi connectivity index (χ4n) is 3.44. The van der Waals surface area contributed by atoms with Crippen molar-refractivity contribution in [1.29, 1.82) is 0 Å². The molecule has 2 aromatic rings. The zero-order valence-corrected chi connectivity index (χ0v) is 13.1. The molecule has 21 heavy (non-hydrogen) atoms. The van der Waals surface area contributed by atoms with Crippen molar-refractivity contribution >= 4 is 10.9 Å². The molecule has 1 saturated heterocycles. The van der Waals surface area contributed by atoms with E-state index in [2.05, 4.69) is 47.7 Å². The number of nitrogens with zero attached hydrogens (tertiary/aromatic N) is 3. The zero-order valence-electron chi connectivity index (χ0n) is 13.1. The van der Waals surface area contributed by atoms with Gasteiger partial charge in [-0.25, -0.2) is 0 Å². The van der Waals surface area contributed by atoms with E-state index >= 15 is 0 Å². The van der Waals surface area contributed by atoms with E-state index in [9.17, 15) is 0 Å². The van der Waals surface area contributed by atoms with Gasteiger partial charge < -0.3 is 5.73 Å². The molecule has 4 heteroatoms. The summed E-state index contributed by atoms with van der Waals surface area (Å²) in [5.41, 5.74) is 8.37. The molecular weight excluding hydrogens is 260 g/mol. The van der Waals surface area contributed by atoms with Crippen molar-refractivity contribution in [2.75, 3.05) is 19.6 Å². The SMILES string of the molecule is CCn1nc(CN2CCC(C)C(CN)C2)c2ccccc21. The van der Waals surface area contributed by atoms with E-state index in [1.54, 1.807) is 0 Å². The molecule has 0 saturated carbocycles. The summed E-state index contributed by atoms with van der Waals surface area (Å²) in [5.74, 6) is 1.37. The van der Waals surface area contributed by atoms with Gasteiger partial charge in [-0.1, -0.05) is 25.1 Å². The quantitative estimate of drug-likeness (QED) is 0.939. The number of likely N-dealkylation sites (tertiary alicyclic amines) is 1. The Balaban J connectivity index is 1.82. The largest absolute Gasteiger partial charge is 0.330 e. The number of fused-ring (bicyclic) bond motifs is 1. The fourth-order valence-corrected chi connectivity index (χ4v) is 3.44. The van der Waals surface area contributed by atoms with Crippen LogP contribution in [0.25, 0.3) is 10.9 Å².